The number of carbonyl (C=O) groups is 1. The summed E-state index contributed by atoms with van der Waals surface area (Å²) >= 11 is 0. The van der Waals surface area contributed by atoms with Crippen molar-refractivity contribution in [3.63, 3.8) is 0 Å². The van der Waals surface area contributed by atoms with Crippen LogP contribution in [-0.4, -0.2) is 40.1 Å². The van der Waals surface area contributed by atoms with Crippen molar-refractivity contribution in [1.82, 2.24) is 9.88 Å². The van der Waals surface area contributed by atoms with Crippen LogP contribution in [0.5, 0.6) is 0 Å². The number of hydrogen-bond acceptors (Lipinski definition) is 2. The Morgan fingerprint density at radius 1 is 1.37 bits per heavy atom. The van der Waals surface area contributed by atoms with Crippen LogP contribution in [0.4, 0.5) is 0 Å². The predicted molar refractivity (Wildman–Crippen MR) is 76.2 cm³/mol. The molecule has 102 valence electrons. The summed E-state index contributed by atoms with van der Waals surface area (Å²) in [7, 11) is 0. The fourth-order valence-corrected chi connectivity index (χ4v) is 2.24. The molecule has 0 radical (unpaired) electrons. The van der Waals surface area contributed by atoms with Gasteiger partial charge in [-0.05, 0) is 26.3 Å². The van der Waals surface area contributed by atoms with E-state index in [1.807, 2.05) is 38.1 Å². The lowest BCUT2D eigenvalue weighted by molar-refractivity contribution is 0.0695. The third-order valence-electron chi connectivity index (χ3n) is 3.26. The normalized spacial score (nSPS) is 11.2. The first-order valence-corrected chi connectivity index (χ1v) is 6.63. The van der Waals surface area contributed by atoms with E-state index in [0.29, 0.717) is 18.5 Å². The molecule has 2 N–H and O–H groups in total. The lowest BCUT2D eigenvalue weighted by Crippen LogP contribution is -2.38. The van der Waals surface area contributed by atoms with E-state index in [2.05, 4.69) is 4.98 Å². The van der Waals surface area contributed by atoms with Gasteiger partial charge >= 0.3 is 0 Å². The third-order valence-corrected chi connectivity index (χ3v) is 3.26. The highest BCUT2D eigenvalue weighted by Gasteiger charge is 2.20. The molecular formula is C15H20N2O2. The van der Waals surface area contributed by atoms with Gasteiger partial charge in [-0.2, -0.15) is 0 Å². The Morgan fingerprint density at radius 3 is 2.79 bits per heavy atom. The van der Waals surface area contributed by atoms with E-state index in [9.17, 15) is 4.79 Å². The number of benzene rings is 1. The number of fused-ring (bicyclic) bond motifs is 1. The van der Waals surface area contributed by atoms with Gasteiger partial charge in [-0.1, -0.05) is 18.2 Å². The van der Waals surface area contributed by atoms with E-state index in [1.165, 1.54) is 0 Å². The molecule has 4 heteroatoms. The first kappa shape index (κ1) is 13.6. The molecule has 1 amide bonds. The second kappa shape index (κ2) is 5.89. The molecule has 1 aromatic heterocycles. The van der Waals surface area contributed by atoms with Crippen molar-refractivity contribution in [2.45, 2.75) is 26.3 Å². The highest BCUT2D eigenvalue weighted by Crippen LogP contribution is 2.20. The number of aliphatic hydroxyl groups excluding tert-OH is 1. The van der Waals surface area contributed by atoms with Gasteiger partial charge in [0.15, 0.2) is 0 Å². The summed E-state index contributed by atoms with van der Waals surface area (Å²) in [5, 5.41) is 9.88. The predicted octanol–water partition coefficient (Wildman–Crippen LogP) is 2.40. The summed E-state index contributed by atoms with van der Waals surface area (Å²) in [5.41, 5.74) is 1.67. The molecule has 0 saturated carbocycles. The average molecular weight is 260 g/mol. The minimum absolute atomic E-state index is 0.0147. The highest BCUT2D eigenvalue weighted by atomic mass is 16.3. The molecular weight excluding hydrogens is 240 g/mol. The number of aromatic amines is 1. The van der Waals surface area contributed by atoms with Gasteiger partial charge in [-0.15, -0.1) is 0 Å². The van der Waals surface area contributed by atoms with Crippen LogP contribution >= 0.6 is 0 Å². The number of carbonyl (C=O) groups excluding carboxylic acids is 1. The summed E-state index contributed by atoms with van der Waals surface area (Å²) in [6.07, 6.45) is 2.37. The van der Waals surface area contributed by atoms with Crippen LogP contribution < -0.4 is 0 Å². The summed E-state index contributed by atoms with van der Waals surface area (Å²) in [4.78, 5) is 17.5. The molecule has 0 aliphatic rings. The van der Waals surface area contributed by atoms with Crippen molar-refractivity contribution in [1.29, 1.82) is 0 Å². The fourth-order valence-electron chi connectivity index (χ4n) is 2.24. The van der Waals surface area contributed by atoms with Crippen molar-refractivity contribution in [3.8, 4) is 0 Å². The van der Waals surface area contributed by atoms with Crippen LogP contribution in [0, 0.1) is 0 Å². The van der Waals surface area contributed by atoms with Crippen LogP contribution in [0.15, 0.2) is 30.5 Å². The second-order valence-corrected chi connectivity index (χ2v) is 4.92. The molecule has 2 aromatic rings. The van der Waals surface area contributed by atoms with Gasteiger partial charge in [0.2, 0.25) is 0 Å². The Labute approximate surface area is 113 Å². The maximum Gasteiger partial charge on any atom is 0.256 e. The summed E-state index contributed by atoms with van der Waals surface area (Å²) in [5.74, 6) is 0.0147. The van der Waals surface area contributed by atoms with Crippen LogP contribution in [0.1, 0.15) is 30.6 Å². The monoisotopic (exact) mass is 260 g/mol. The number of H-pyrrole nitrogens is 1. The molecule has 1 aromatic carbocycles. The Balaban J connectivity index is 2.30. The van der Waals surface area contributed by atoms with Gasteiger partial charge in [-0.25, -0.2) is 0 Å². The maximum absolute atomic E-state index is 12.6. The van der Waals surface area contributed by atoms with Crippen molar-refractivity contribution >= 4 is 16.8 Å². The van der Waals surface area contributed by atoms with Crippen molar-refractivity contribution in [2.24, 2.45) is 0 Å². The van der Waals surface area contributed by atoms with E-state index in [0.717, 1.165) is 10.9 Å². The number of amides is 1. The topological polar surface area (TPSA) is 56.3 Å². The number of para-hydroxylation sites is 1. The first-order chi connectivity index (χ1) is 9.15. The van der Waals surface area contributed by atoms with Gasteiger partial charge in [0.25, 0.3) is 5.91 Å². The molecule has 0 bridgehead atoms. The molecule has 0 atom stereocenters. The van der Waals surface area contributed by atoms with Gasteiger partial charge in [0, 0.05) is 36.3 Å². The van der Waals surface area contributed by atoms with E-state index in [-0.39, 0.29) is 18.6 Å². The average Bonchev–Trinajstić information content (AvgIpc) is 2.82. The number of nitrogens with one attached hydrogen (secondary N) is 1. The van der Waals surface area contributed by atoms with Crippen molar-refractivity contribution in [3.05, 3.63) is 36.0 Å². The molecule has 4 nitrogen and oxygen atoms in total. The summed E-state index contributed by atoms with van der Waals surface area (Å²) < 4.78 is 0. The number of hydrogen-bond donors (Lipinski definition) is 2. The second-order valence-electron chi connectivity index (χ2n) is 4.92. The number of aromatic nitrogens is 1. The maximum atomic E-state index is 12.6. The Kier molecular flexibility index (Phi) is 4.22. The van der Waals surface area contributed by atoms with E-state index in [4.69, 9.17) is 5.11 Å². The minimum atomic E-state index is 0.0147. The Bertz CT molecular complexity index is 560. The van der Waals surface area contributed by atoms with E-state index in [1.54, 1.807) is 11.1 Å². The minimum Gasteiger partial charge on any atom is -0.396 e. The molecule has 0 fully saturated rings. The van der Waals surface area contributed by atoms with Crippen molar-refractivity contribution < 1.29 is 9.90 Å². The molecule has 0 aliphatic carbocycles. The van der Waals surface area contributed by atoms with Gasteiger partial charge in [0.1, 0.15) is 0 Å². The zero-order chi connectivity index (χ0) is 13.8. The van der Waals surface area contributed by atoms with E-state index >= 15 is 0 Å². The zero-order valence-electron chi connectivity index (χ0n) is 11.4. The van der Waals surface area contributed by atoms with E-state index < -0.39 is 0 Å². The number of nitrogens with zero attached hydrogens (tertiary/aromatic N) is 1. The Hall–Kier alpha value is -1.81. The molecule has 0 aliphatic heterocycles. The number of aliphatic hydroxyl groups is 1. The largest absolute Gasteiger partial charge is 0.396 e. The van der Waals surface area contributed by atoms with Crippen LogP contribution in [0.2, 0.25) is 0 Å². The van der Waals surface area contributed by atoms with Gasteiger partial charge in [-0.3, -0.25) is 4.79 Å². The van der Waals surface area contributed by atoms with Crippen molar-refractivity contribution in [2.75, 3.05) is 13.2 Å². The smallest absolute Gasteiger partial charge is 0.256 e. The SMILES string of the molecule is CC(C)N(CCCO)C(=O)c1c[nH]c2ccccc12. The summed E-state index contributed by atoms with van der Waals surface area (Å²) in [6.45, 7) is 4.66. The Morgan fingerprint density at radius 2 is 2.11 bits per heavy atom. The standard InChI is InChI=1S/C15H20N2O2/c1-11(2)17(8-5-9-18)15(19)13-10-16-14-7-4-3-6-12(13)14/h3-4,6-7,10-11,16,18H,5,8-9H2,1-2H3. The quantitative estimate of drug-likeness (QED) is 0.867. The molecule has 19 heavy (non-hydrogen) atoms. The third kappa shape index (κ3) is 2.79. The fraction of sp³-hybridized carbons (Fsp3) is 0.400. The summed E-state index contributed by atoms with van der Waals surface area (Å²) in [6, 6.07) is 7.90. The van der Waals surface area contributed by atoms with Crippen LogP contribution in [0.25, 0.3) is 10.9 Å². The number of rotatable bonds is 5. The zero-order valence-corrected chi connectivity index (χ0v) is 11.4. The molecule has 0 saturated heterocycles. The van der Waals surface area contributed by atoms with Crippen LogP contribution in [-0.2, 0) is 0 Å². The lowest BCUT2D eigenvalue weighted by Gasteiger charge is -2.26. The molecule has 0 spiro atoms. The van der Waals surface area contributed by atoms with Gasteiger partial charge < -0.3 is 15.0 Å². The molecule has 1 heterocycles. The lowest BCUT2D eigenvalue weighted by atomic mass is 10.1. The highest BCUT2D eigenvalue weighted by molar-refractivity contribution is 6.06. The van der Waals surface area contributed by atoms with Crippen LogP contribution in [0.3, 0.4) is 0 Å². The van der Waals surface area contributed by atoms with Gasteiger partial charge in [0.05, 0.1) is 5.56 Å². The first-order valence-electron chi connectivity index (χ1n) is 6.63. The molecule has 0 unspecified atom stereocenters. The molecule has 2 rings (SSSR count).